The van der Waals surface area contributed by atoms with Crippen LogP contribution in [0, 0.1) is 13.8 Å². The Bertz CT molecular complexity index is 904. The predicted octanol–water partition coefficient (Wildman–Crippen LogP) is 3.24. The van der Waals surface area contributed by atoms with Crippen LogP contribution in [-0.4, -0.2) is 32.4 Å². The third kappa shape index (κ3) is 2.66. The molecule has 2 heterocycles. The largest absolute Gasteiger partial charge is 0.461 e. The summed E-state index contributed by atoms with van der Waals surface area (Å²) < 4.78 is 6.61. The number of rotatable bonds is 3. The van der Waals surface area contributed by atoms with Crippen molar-refractivity contribution in [3.05, 3.63) is 46.4 Å². The van der Waals surface area contributed by atoms with Gasteiger partial charge in [-0.05, 0) is 38.5 Å². The predicted molar refractivity (Wildman–Crippen MR) is 86.7 cm³/mol. The molecule has 0 bridgehead atoms. The molecule has 23 heavy (non-hydrogen) atoms. The highest BCUT2D eigenvalue weighted by molar-refractivity contribution is 6.30. The summed E-state index contributed by atoms with van der Waals surface area (Å²) in [7, 11) is 0. The molecule has 0 saturated carbocycles. The van der Waals surface area contributed by atoms with Crippen LogP contribution in [0.5, 0.6) is 0 Å². The standard InChI is InChI=1S/C16H15ClN4O2/c1-4-23-16(22)14-10(3)21-15(19-18-14)13(9(2)20-21)11-6-5-7-12(17)8-11/h5-8H,4H2,1-3H3. The van der Waals surface area contributed by atoms with Crippen molar-refractivity contribution in [3.8, 4) is 11.1 Å². The Morgan fingerprint density at radius 2 is 2.09 bits per heavy atom. The summed E-state index contributed by atoms with van der Waals surface area (Å²) in [5.74, 6) is -0.503. The van der Waals surface area contributed by atoms with Crippen LogP contribution in [-0.2, 0) is 4.74 Å². The lowest BCUT2D eigenvalue weighted by Crippen LogP contribution is -2.14. The number of aryl methyl sites for hydroxylation is 2. The van der Waals surface area contributed by atoms with Crippen molar-refractivity contribution in [1.29, 1.82) is 0 Å². The SMILES string of the molecule is CCOC(=O)c1nnc2c(-c3cccc(Cl)c3)c(C)nn2c1C. The van der Waals surface area contributed by atoms with Crippen molar-refractivity contribution in [2.45, 2.75) is 20.8 Å². The molecule has 2 aromatic heterocycles. The molecule has 3 aromatic rings. The van der Waals surface area contributed by atoms with E-state index in [1.165, 1.54) is 0 Å². The lowest BCUT2D eigenvalue weighted by molar-refractivity contribution is 0.0516. The normalized spacial score (nSPS) is 11.0. The molecule has 0 atom stereocenters. The average Bonchev–Trinajstić information content (AvgIpc) is 2.85. The first kappa shape index (κ1) is 15.4. The Balaban J connectivity index is 2.21. The number of hydrogen-bond donors (Lipinski definition) is 0. The molecule has 0 aliphatic rings. The van der Waals surface area contributed by atoms with E-state index >= 15 is 0 Å². The second-order valence-corrected chi connectivity index (χ2v) is 5.50. The van der Waals surface area contributed by atoms with Crippen molar-refractivity contribution in [3.63, 3.8) is 0 Å². The van der Waals surface area contributed by atoms with E-state index in [0.717, 1.165) is 16.8 Å². The van der Waals surface area contributed by atoms with Crippen molar-refractivity contribution < 1.29 is 9.53 Å². The first-order valence-electron chi connectivity index (χ1n) is 7.18. The molecule has 0 spiro atoms. The molecular formula is C16H15ClN4O2. The maximum absolute atomic E-state index is 11.9. The summed E-state index contributed by atoms with van der Waals surface area (Å²) >= 11 is 6.07. The van der Waals surface area contributed by atoms with Gasteiger partial charge in [-0.15, -0.1) is 10.2 Å². The Morgan fingerprint density at radius 3 is 2.78 bits per heavy atom. The van der Waals surface area contributed by atoms with Crippen molar-refractivity contribution >= 4 is 23.2 Å². The number of aromatic nitrogens is 4. The lowest BCUT2D eigenvalue weighted by atomic mass is 10.1. The van der Waals surface area contributed by atoms with Crippen LogP contribution in [0.25, 0.3) is 16.8 Å². The number of nitrogens with zero attached hydrogens (tertiary/aromatic N) is 4. The molecule has 6 nitrogen and oxygen atoms in total. The molecule has 0 N–H and O–H groups in total. The fraction of sp³-hybridized carbons (Fsp3) is 0.250. The summed E-state index contributed by atoms with van der Waals surface area (Å²) in [5.41, 5.74) is 3.87. The molecule has 0 amide bonds. The van der Waals surface area contributed by atoms with Crippen molar-refractivity contribution in [2.24, 2.45) is 0 Å². The van der Waals surface area contributed by atoms with E-state index in [0.29, 0.717) is 16.4 Å². The summed E-state index contributed by atoms with van der Waals surface area (Å²) in [6, 6.07) is 7.46. The van der Waals surface area contributed by atoms with Gasteiger partial charge < -0.3 is 4.74 Å². The Hall–Kier alpha value is -2.47. The Morgan fingerprint density at radius 1 is 1.30 bits per heavy atom. The molecular weight excluding hydrogens is 316 g/mol. The maximum atomic E-state index is 11.9. The zero-order valence-electron chi connectivity index (χ0n) is 13.0. The van der Waals surface area contributed by atoms with Crippen LogP contribution in [0.4, 0.5) is 0 Å². The maximum Gasteiger partial charge on any atom is 0.360 e. The van der Waals surface area contributed by atoms with Crippen LogP contribution < -0.4 is 0 Å². The van der Waals surface area contributed by atoms with Gasteiger partial charge in [0.2, 0.25) is 0 Å². The van der Waals surface area contributed by atoms with E-state index in [2.05, 4.69) is 15.3 Å². The van der Waals surface area contributed by atoms with Gasteiger partial charge in [0.15, 0.2) is 11.3 Å². The second-order valence-electron chi connectivity index (χ2n) is 5.06. The molecule has 0 radical (unpaired) electrons. The fourth-order valence-corrected chi connectivity index (χ4v) is 2.67. The van der Waals surface area contributed by atoms with Crippen molar-refractivity contribution in [2.75, 3.05) is 6.61 Å². The number of ether oxygens (including phenoxy) is 1. The number of esters is 1. The molecule has 0 aliphatic carbocycles. The minimum atomic E-state index is -0.503. The minimum absolute atomic E-state index is 0.166. The third-order valence-electron chi connectivity index (χ3n) is 3.52. The van der Waals surface area contributed by atoms with Crippen LogP contribution >= 0.6 is 11.6 Å². The topological polar surface area (TPSA) is 69.4 Å². The van der Waals surface area contributed by atoms with Gasteiger partial charge in [0.25, 0.3) is 0 Å². The molecule has 7 heteroatoms. The highest BCUT2D eigenvalue weighted by Gasteiger charge is 2.20. The van der Waals surface area contributed by atoms with Gasteiger partial charge in [-0.2, -0.15) is 5.10 Å². The van der Waals surface area contributed by atoms with E-state index in [1.807, 2.05) is 31.2 Å². The van der Waals surface area contributed by atoms with E-state index in [1.54, 1.807) is 18.4 Å². The van der Waals surface area contributed by atoms with E-state index in [-0.39, 0.29) is 12.3 Å². The van der Waals surface area contributed by atoms with Gasteiger partial charge in [-0.1, -0.05) is 23.7 Å². The highest BCUT2D eigenvalue weighted by atomic mass is 35.5. The van der Waals surface area contributed by atoms with Crippen LogP contribution in [0.2, 0.25) is 5.02 Å². The first-order chi connectivity index (χ1) is 11.0. The number of carbonyl (C=O) groups is 1. The van der Waals surface area contributed by atoms with Gasteiger partial charge >= 0.3 is 5.97 Å². The molecule has 0 aliphatic heterocycles. The molecule has 118 valence electrons. The fourth-order valence-electron chi connectivity index (χ4n) is 2.48. The number of benzene rings is 1. The quantitative estimate of drug-likeness (QED) is 0.689. The molecule has 3 rings (SSSR count). The number of halogens is 1. The number of hydrogen-bond acceptors (Lipinski definition) is 5. The average molecular weight is 331 g/mol. The molecule has 0 fully saturated rings. The summed E-state index contributed by atoms with van der Waals surface area (Å²) in [6.45, 7) is 5.68. The zero-order valence-corrected chi connectivity index (χ0v) is 13.8. The van der Waals surface area contributed by atoms with Gasteiger partial charge in [0.1, 0.15) is 0 Å². The zero-order chi connectivity index (χ0) is 16.6. The number of fused-ring (bicyclic) bond motifs is 1. The minimum Gasteiger partial charge on any atom is -0.461 e. The molecule has 0 unspecified atom stereocenters. The van der Waals surface area contributed by atoms with E-state index in [4.69, 9.17) is 16.3 Å². The molecule has 0 saturated heterocycles. The number of carbonyl (C=O) groups excluding carboxylic acids is 1. The van der Waals surface area contributed by atoms with Gasteiger partial charge in [-0.25, -0.2) is 9.31 Å². The molecule has 1 aromatic carbocycles. The third-order valence-corrected chi connectivity index (χ3v) is 3.76. The van der Waals surface area contributed by atoms with E-state index in [9.17, 15) is 4.79 Å². The smallest absolute Gasteiger partial charge is 0.360 e. The second kappa shape index (κ2) is 5.96. The van der Waals surface area contributed by atoms with Gasteiger partial charge in [0, 0.05) is 5.02 Å². The monoisotopic (exact) mass is 330 g/mol. The Labute approximate surface area is 138 Å². The summed E-state index contributed by atoms with van der Waals surface area (Å²) in [4.78, 5) is 11.9. The lowest BCUT2D eigenvalue weighted by Gasteiger charge is -2.05. The van der Waals surface area contributed by atoms with Gasteiger partial charge in [0.05, 0.1) is 23.6 Å². The summed E-state index contributed by atoms with van der Waals surface area (Å²) in [5, 5.41) is 13.3. The van der Waals surface area contributed by atoms with Crippen LogP contribution in [0.3, 0.4) is 0 Å². The first-order valence-corrected chi connectivity index (χ1v) is 7.56. The summed E-state index contributed by atoms with van der Waals surface area (Å²) in [6.07, 6.45) is 0. The highest BCUT2D eigenvalue weighted by Crippen LogP contribution is 2.29. The van der Waals surface area contributed by atoms with Gasteiger partial charge in [-0.3, -0.25) is 0 Å². The van der Waals surface area contributed by atoms with Crippen LogP contribution in [0.15, 0.2) is 24.3 Å². The van der Waals surface area contributed by atoms with Crippen molar-refractivity contribution in [1.82, 2.24) is 19.8 Å². The van der Waals surface area contributed by atoms with Crippen LogP contribution in [0.1, 0.15) is 28.8 Å². The Kier molecular flexibility index (Phi) is 4.00. The van der Waals surface area contributed by atoms with E-state index < -0.39 is 5.97 Å².